The second-order valence-electron chi connectivity index (χ2n) is 8.66. The summed E-state index contributed by atoms with van der Waals surface area (Å²) < 4.78 is 82.9. The number of nitriles is 1. The Morgan fingerprint density at radius 3 is 2.40 bits per heavy atom. The lowest BCUT2D eigenvalue weighted by molar-refractivity contribution is -0.160. The first kappa shape index (κ1) is 24.9. The van der Waals surface area contributed by atoms with Crippen LogP contribution in [0.5, 0.6) is 0 Å². The molecule has 4 rings (SSSR count). The van der Waals surface area contributed by atoms with Gasteiger partial charge in [0.1, 0.15) is 23.4 Å². The molecule has 2 aromatic rings. The SMILES string of the molecule is N#CC1(NC(=O)C(CS(=O)(=O)N2CCc3ccccc32)N[C@H](c2ccc(F)cc2)C(F)(F)F)CC1. The number of hydrogen-bond acceptors (Lipinski definition) is 5. The first-order chi connectivity index (χ1) is 16.4. The zero-order valence-corrected chi connectivity index (χ0v) is 19.2. The van der Waals surface area contributed by atoms with Crippen molar-refractivity contribution in [2.75, 3.05) is 16.6 Å². The number of hydrogen-bond donors (Lipinski definition) is 2. The monoisotopic (exact) mass is 510 g/mol. The van der Waals surface area contributed by atoms with E-state index in [1.165, 1.54) is 0 Å². The van der Waals surface area contributed by atoms with Gasteiger partial charge in [0.25, 0.3) is 0 Å². The molecule has 2 aromatic carbocycles. The van der Waals surface area contributed by atoms with E-state index in [0.29, 0.717) is 24.9 Å². The molecular weight excluding hydrogens is 488 g/mol. The Labute approximate surface area is 199 Å². The number of para-hydroxylation sites is 1. The number of carbonyl (C=O) groups is 1. The van der Waals surface area contributed by atoms with Gasteiger partial charge in [-0.05, 0) is 48.6 Å². The van der Waals surface area contributed by atoms with Crippen LogP contribution in [0.4, 0.5) is 23.2 Å². The zero-order valence-electron chi connectivity index (χ0n) is 18.3. The third kappa shape index (κ3) is 5.41. The second kappa shape index (κ2) is 9.13. The average Bonchev–Trinajstić information content (AvgIpc) is 3.43. The van der Waals surface area contributed by atoms with Crippen LogP contribution in [0.2, 0.25) is 0 Å². The molecule has 1 aliphatic heterocycles. The van der Waals surface area contributed by atoms with Gasteiger partial charge < -0.3 is 5.32 Å². The number of nitrogens with zero attached hydrogens (tertiary/aromatic N) is 2. The largest absolute Gasteiger partial charge is 0.407 e. The maximum absolute atomic E-state index is 14.0. The highest BCUT2D eigenvalue weighted by atomic mass is 32.2. The van der Waals surface area contributed by atoms with Crippen LogP contribution in [0.3, 0.4) is 0 Å². The fourth-order valence-corrected chi connectivity index (χ4v) is 5.74. The summed E-state index contributed by atoms with van der Waals surface area (Å²) in [5.74, 6) is -2.75. The number of rotatable bonds is 8. The van der Waals surface area contributed by atoms with E-state index < -0.39 is 51.3 Å². The minimum absolute atomic E-state index is 0.0960. The normalized spacial score (nSPS) is 18.3. The summed E-state index contributed by atoms with van der Waals surface area (Å²) in [7, 11) is -4.24. The van der Waals surface area contributed by atoms with Crippen LogP contribution in [0.15, 0.2) is 48.5 Å². The third-order valence-electron chi connectivity index (χ3n) is 6.10. The standard InChI is InChI=1S/C23H22F4N4O3S/c24-17-7-5-16(6-8-17)20(23(25,26)27)29-18(21(32)30-22(14-28)10-11-22)13-35(33,34)31-12-9-15-3-1-2-4-19(15)31/h1-8,18,20,29H,9-13H2,(H,30,32)/t18?,20-/m1/s1. The molecule has 0 radical (unpaired) electrons. The molecule has 0 spiro atoms. The Balaban J connectivity index is 1.65. The molecule has 0 saturated heterocycles. The highest BCUT2D eigenvalue weighted by molar-refractivity contribution is 7.92. The topological polar surface area (TPSA) is 102 Å². The van der Waals surface area contributed by atoms with E-state index in [0.717, 1.165) is 34.1 Å². The van der Waals surface area contributed by atoms with E-state index in [1.807, 2.05) is 6.07 Å². The van der Waals surface area contributed by atoms with Gasteiger partial charge in [-0.3, -0.25) is 14.4 Å². The number of amides is 1. The molecule has 7 nitrogen and oxygen atoms in total. The van der Waals surface area contributed by atoms with Crippen LogP contribution in [0.25, 0.3) is 0 Å². The molecule has 35 heavy (non-hydrogen) atoms. The van der Waals surface area contributed by atoms with Crippen molar-refractivity contribution in [3.05, 3.63) is 65.5 Å². The maximum atomic E-state index is 14.0. The van der Waals surface area contributed by atoms with Crippen LogP contribution >= 0.6 is 0 Å². The Hall–Kier alpha value is -3.17. The van der Waals surface area contributed by atoms with Crippen LogP contribution in [0.1, 0.15) is 30.0 Å². The predicted octanol–water partition coefficient (Wildman–Crippen LogP) is 2.95. The van der Waals surface area contributed by atoms with Gasteiger partial charge in [-0.2, -0.15) is 18.4 Å². The number of benzene rings is 2. The summed E-state index contributed by atoms with van der Waals surface area (Å²) in [6.45, 7) is 0.0960. The molecule has 2 atom stereocenters. The summed E-state index contributed by atoms with van der Waals surface area (Å²) in [5, 5.41) is 13.8. The molecule has 1 amide bonds. The Kier molecular flexibility index (Phi) is 6.50. The lowest BCUT2D eigenvalue weighted by atomic mass is 10.0. The zero-order chi connectivity index (χ0) is 25.4. The molecule has 2 N–H and O–H groups in total. The van der Waals surface area contributed by atoms with Crippen molar-refractivity contribution in [3.8, 4) is 6.07 Å². The van der Waals surface area contributed by atoms with Crippen LogP contribution < -0.4 is 14.9 Å². The van der Waals surface area contributed by atoms with Gasteiger partial charge >= 0.3 is 6.18 Å². The van der Waals surface area contributed by atoms with Crippen LogP contribution in [0, 0.1) is 17.1 Å². The number of sulfonamides is 1. The molecule has 186 valence electrons. The van der Waals surface area contributed by atoms with Gasteiger partial charge in [0.05, 0.1) is 17.5 Å². The van der Waals surface area contributed by atoms with Crippen LogP contribution in [-0.4, -0.2) is 44.4 Å². The molecular formula is C23H22F4N4O3S. The number of fused-ring (bicyclic) bond motifs is 1. The number of carbonyl (C=O) groups excluding carboxylic acids is 1. The van der Waals surface area contributed by atoms with Crippen molar-refractivity contribution < 1.29 is 30.8 Å². The lowest BCUT2D eigenvalue weighted by Gasteiger charge is -2.29. The van der Waals surface area contributed by atoms with Crippen molar-refractivity contribution in [3.63, 3.8) is 0 Å². The highest BCUT2D eigenvalue weighted by Gasteiger charge is 2.48. The highest BCUT2D eigenvalue weighted by Crippen LogP contribution is 2.36. The number of anilines is 1. The van der Waals surface area contributed by atoms with Crippen molar-refractivity contribution in [2.45, 2.75) is 43.1 Å². The van der Waals surface area contributed by atoms with Crippen LogP contribution in [-0.2, 0) is 21.2 Å². The minimum Gasteiger partial charge on any atom is -0.336 e. The van der Waals surface area contributed by atoms with E-state index in [4.69, 9.17) is 0 Å². The van der Waals surface area contributed by atoms with E-state index >= 15 is 0 Å². The molecule has 0 bridgehead atoms. The summed E-state index contributed by atoms with van der Waals surface area (Å²) in [6.07, 6.45) is -3.87. The summed E-state index contributed by atoms with van der Waals surface area (Å²) >= 11 is 0. The number of alkyl halides is 3. The molecule has 2 aliphatic rings. The van der Waals surface area contributed by atoms with Gasteiger partial charge in [0.2, 0.25) is 15.9 Å². The van der Waals surface area contributed by atoms with Gasteiger partial charge in [-0.15, -0.1) is 0 Å². The van der Waals surface area contributed by atoms with E-state index in [2.05, 4.69) is 10.6 Å². The van der Waals surface area contributed by atoms with Crippen molar-refractivity contribution in [1.29, 1.82) is 5.26 Å². The molecule has 1 fully saturated rings. The molecule has 1 heterocycles. The summed E-state index contributed by atoms with van der Waals surface area (Å²) in [5.41, 5.74) is -0.425. The molecule has 12 heteroatoms. The van der Waals surface area contributed by atoms with E-state index in [-0.39, 0.29) is 12.1 Å². The van der Waals surface area contributed by atoms with E-state index in [1.54, 1.807) is 24.3 Å². The minimum atomic E-state index is -4.92. The Morgan fingerprint density at radius 1 is 1.14 bits per heavy atom. The molecule has 1 saturated carbocycles. The fourth-order valence-electron chi connectivity index (χ4n) is 4.05. The molecule has 1 aliphatic carbocycles. The second-order valence-corrected chi connectivity index (χ2v) is 10.6. The van der Waals surface area contributed by atoms with Crippen molar-refractivity contribution in [2.24, 2.45) is 0 Å². The quantitative estimate of drug-likeness (QED) is 0.532. The fraction of sp³-hybridized carbons (Fsp3) is 0.391. The van der Waals surface area contributed by atoms with Gasteiger partial charge in [0, 0.05) is 6.54 Å². The average molecular weight is 511 g/mol. The maximum Gasteiger partial charge on any atom is 0.407 e. The van der Waals surface area contributed by atoms with Crippen molar-refractivity contribution >= 4 is 21.6 Å². The third-order valence-corrected chi connectivity index (χ3v) is 7.90. The first-order valence-electron chi connectivity index (χ1n) is 10.8. The number of halogens is 4. The molecule has 1 unspecified atom stereocenters. The Bertz CT molecular complexity index is 1250. The van der Waals surface area contributed by atoms with E-state index in [9.17, 15) is 36.0 Å². The summed E-state index contributed by atoms with van der Waals surface area (Å²) in [4.78, 5) is 13.0. The predicted molar refractivity (Wildman–Crippen MR) is 119 cm³/mol. The smallest absolute Gasteiger partial charge is 0.336 e. The van der Waals surface area contributed by atoms with Gasteiger partial charge in [-0.25, -0.2) is 12.8 Å². The lowest BCUT2D eigenvalue weighted by Crippen LogP contribution is -2.55. The van der Waals surface area contributed by atoms with Gasteiger partial charge in [-0.1, -0.05) is 30.3 Å². The van der Waals surface area contributed by atoms with Gasteiger partial charge in [0.15, 0.2) is 0 Å². The Morgan fingerprint density at radius 2 is 1.80 bits per heavy atom. The molecule has 0 aromatic heterocycles. The first-order valence-corrected chi connectivity index (χ1v) is 12.4. The summed E-state index contributed by atoms with van der Waals surface area (Å²) in [6, 6.07) is 7.89. The number of nitrogens with one attached hydrogen (secondary N) is 2. The van der Waals surface area contributed by atoms with Crippen molar-refractivity contribution in [1.82, 2.24) is 10.6 Å².